The Morgan fingerprint density at radius 2 is 2.33 bits per heavy atom. The van der Waals surface area contributed by atoms with E-state index in [4.69, 9.17) is 0 Å². The van der Waals surface area contributed by atoms with Crippen molar-refractivity contribution in [3.63, 3.8) is 0 Å². The Morgan fingerprint density at radius 3 is 2.93 bits per heavy atom. The SMILES string of the molecule is CCC1N=C(c2cccc(Br)c2)NC1=O. The molecule has 1 unspecified atom stereocenters. The van der Waals surface area contributed by atoms with Crippen LogP contribution in [-0.2, 0) is 4.79 Å². The summed E-state index contributed by atoms with van der Waals surface area (Å²) >= 11 is 3.39. The van der Waals surface area contributed by atoms with E-state index >= 15 is 0 Å². The van der Waals surface area contributed by atoms with E-state index in [1.807, 2.05) is 31.2 Å². The van der Waals surface area contributed by atoms with Gasteiger partial charge < -0.3 is 5.32 Å². The summed E-state index contributed by atoms with van der Waals surface area (Å²) in [5, 5.41) is 2.79. The van der Waals surface area contributed by atoms with E-state index in [0.717, 1.165) is 16.5 Å². The molecule has 1 aromatic carbocycles. The molecule has 1 aliphatic rings. The van der Waals surface area contributed by atoms with Crippen molar-refractivity contribution in [2.24, 2.45) is 4.99 Å². The molecule has 1 heterocycles. The van der Waals surface area contributed by atoms with Gasteiger partial charge in [0.1, 0.15) is 11.9 Å². The van der Waals surface area contributed by atoms with Crippen LogP contribution in [0.4, 0.5) is 0 Å². The number of carbonyl (C=O) groups excluding carboxylic acids is 1. The highest BCUT2D eigenvalue weighted by Crippen LogP contribution is 2.15. The summed E-state index contributed by atoms with van der Waals surface area (Å²) < 4.78 is 0.983. The van der Waals surface area contributed by atoms with Crippen molar-refractivity contribution >= 4 is 27.7 Å². The van der Waals surface area contributed by atoms with Crippen LogP contribution in [0.25, 0.3) is 0 Å². The van der Waals surface area contributed by atoms with E-state index in [2.05, 4.69) is 26.2 Å². The lowest BCUT2D eigenvalue weighted by Gasteiger charge is -2.00. The number of rotatable bonds is 2. The lowest BCUT2D eigenvalue weighted by molar-refractivity contribution is -0.120. The van der Waals surface area contributed by atoms with Crippen LogP contribution in [0.2, 0.25) is 0 Å². The van der Waals surface area contributed by atoms with Crippen LogP contribution >= 0.6 is 15.9 Å². The molecule has 1 aliphatic heterocycles. The molecule has 0 spiro atoms. The maximum atomic E-state index is 11.4. The molecule has 0 fully saturated rings. The number of nitrogens with zero attached hydrogens (tertiary/aromatic N) is 1. The highest BCUT2D eigenvalue weighted by Gasteiger charge is 2.24. The number of nitrogens with one attached hydrogen (secondary N) is 1. The van der Waals surface area contributed by atoms with Crippen molar-refractivity contribution in [1.29, 1.82) is 0 Å². The number of hydrogen-bond acceptors (Lipinski definition) is 2. The smallest absolute Gasteiger partial charge is 0.250 e. The van der Waals surface area contributed by atoms with Crippen molar-refractivity contribution < 1.29 is 4.79 Å². The van der Waals surface area contributed by atoms with Gasteiger partial charge in [0.05, 0.1) is 0 Å². The fourth-order valence-corrected chi connectivity index (χ4v) is 1.91. The molecule has 15 heavy (non-hydrogen) atoms. The number of aliphatic imine (C=N–C) groups is 1. The topological polar surface area (TPSA) is 41.5 Å². The minimum atomic E-state index is -0.223. The monoisotopic (exact) mass is 266 g/mol. The molecule has 78 valence electrons. The largest absolute Gasteiger partial charge is 0.309 e. The molecule has 0 aromatic heterocycles. The Hall–Kier alpha value is -1.16. The highest BCUT2D eigenvalue weighted by atomic mass is 79.9. The van der Waals surface area contributed by atoms with Gasteiger partial charge in [-0.15, -0.1) is 0 Å². The second kappa shape index (κ2) is 4.14. The first-order chi connectivity index (χ1) is 7.20. The zero-order chi connectivity index (χ0) is 10.8. The maximum Gasteiger partial charge on any atom is 0.250 e. The Kier molecular flexibility index (Phi) is 2.86. The Balaban J connectivity index is 2.30. The maximum absolute atomic E-state index is 11.4. The fraction of sp³-hybridized carbons (Fsp3) is 0.273. The van der Waals surface area contributed by atoms with Crippen molar-refractivity contribution in [3.05, 3.63) is 34.3 Å². The number of carbonyl (C=O) groups is 1. The summed E-state index contributed by atoms with van der Waals surface area (Å²) in [5.41, 5.74) is 0.939. The van der Waals surface area contributed by atoms with Gasteiger partial charge in [0.2, 0.25) is 5.91 Å². The average Bonchev–Trinajstić information content (AvgIpc) is 2.60. The number of halogens is 1. The Labute approximate surface area is 96.7 Å². The molecule has 0 radical (unpaired) electrons. The summed E-state index contributed by atoms with van der Waals surface area (Å²) in [6.07, 6.45) is 0.739. The molecule has 0 saturated heterocycles. The van der Waals surface area contributed by atoms with Crippen LogP contribution < -0.4 is 5.32 Å². The molecule has 0 aliphatic carbocycles. The summed E-state index contributed by atoms with van der Waals surface area (Å²) in [6, 6.07) is 7.52. The summed E-state index contributed by atoms with van der Waals surface area (Å²) in [5.74, 6) is 0.667. The van der Waals surface area contributed by atoms with E-state index in [9.17, 15) is 4.79 Å². The van der Waals surface area contributed by atoms with Gasteiger partial charge in [-0.3, -0.25) is 9.79 Å². The molecule has 0 bridgehead atoms. The quantitative estimate of drug-likeness (QED) is 0.876. The van der Waals surface area contributed by atoms with E-state index in [1.165, 1.54) is 0 Å². The second-order valence-corrected chi connectivity index (χ2v) is 4.32. The zero-order valence-corrected chi connectivity index (χ0v) is 9.91. The molecular formula is C11H11BrN2O. The minimum Gasteiger partial charge on any atom is -0.309 e. The third-order valence-electron chi connectivity index (χ3n) is 2.31. The number of amides is 1. The van der Waals surface area contributed by atoms with Crippen molar-refractivity contribution in [1.82, 2.24) is 5.32 Å². The molecule has 0 saturated carbocycles. The van der Waals surface area contributed by atoms with Crippen molar-refractivity contribution in [3.8, 4) is 0 Å². The van der Waals surface area contributed by atoms with Gasteiger partial charge in [-0.05, 0) is 18.6 Å². The molecule has 1 N–H and O–H groups in total. The van der Waals surface area contributed by atoms with Crippen LogP contribution in [0.3, 0.4) is 0 Å². The Bertz CT molecular complexity index is 428. The molecule has 2 rings (SSSR count). The van der Waals surface area contributed by atoms with Gasteiger partial charge in [-0.2, -0.15) is 0 Å². The van der Waals surface area contributed by atoms with Crippen LogP contribution in [0.5, 0.6) is 0 Å². The number of benzene rings is 1. The second-order valence-electron chi connectivity index (χ2n) is 3.40. The normalized spacial score (nSPS) is 20.0. The lowest BCUT2D eigenvalue weighted by atomic mass is 10.2. The molecule has 1 amide bonds. The molecule has 3 nitrogen and oxygen atoms in total. The van der Waals surface area contributed by atoms with Crippen LogP contribution in [-0.4, -0.2) is 17.8 Å². The predicted octanol–water partition coefficient (Wildman–Crippen LogP) is 2.10. The molecular weight excluding hydrogens is 256 g/mol. The van der Waals surface area contributed by atoms with E-state index < -0.39 is 0 Å². The van der Waals surface area contributed by atoms with Gasteiger partial charge in [0.25, 0.3) is 0 Å². The van der Waals surface area contributed by atoms with E-state index in [0.29, 0.717) is 5.84 Å². The first-order valence-corrected chi connectivity index (χ1v) is 5.64. The van der Waals surface area contributed by atoms with Crippen LogP contribution in [0, 0.1) is 0 Å². The molecule has 4 heteroatoms. The van der Waals surface area contributed by atoms with Crippen molar-refractivity contribution in [2.75, 3.05) is 0 Å². The number of amidine groups is 1. The number of hydrogen-bond donors (Lipinski definition) is 1. The fourth-order valence-electron chi connectivity index (χ4n) is 1.51. The minimum absolute atomic E-state index is 0.00697. The van der Waals surface area contributed by atoms with E-state index in [1.54, 1.807) is 0 Å². The summed E-state index contributed by atoms with van der Waals surface area (Å²) in [6.45, 7) is 1.96. The highest BCUT2D eigenvalue weighted by molar-refractivity contribution is 9.10. The van der Waals surface area contributed by atoms with Gasteiger partial charge in [-0.25, -0.2) is 0 Å². The molecule has 1 aromatic rings. The van der Waals surface area contributed by atoms with Crippen LogP contribution in [0.1, 0.15) is 18.9 Å². The van der Waals surface area contributed by atoms with Gasteiger partial charge >= 0.3 is 0 Å². The standard InChI is InChI=1S/C11H11BrN2O/c1-2-9-11(15)14-10(13-9)7-4-3-5-8(12)6-7/h3-6,9H,2H2,1H3,(H,13,14,15). The first kappa shape index (κ1) is 10.4. The molecule has 1 atom stereocenters. The summed E-state index contributed by atoms with van der Waals surface area (Å²) in [7, 11) is 0. The zero-order valence-electron chi connectivity index (χ0n) is 8.33. The van der Waals surface area contributed by atoms with E-state index in [-0.39, 0.29) is 11.9 Å². The third kappa shape index (κ3) is 2.09. The van der Waals surface area contributed by atoms with Gasteiger partial charge in [0.15, 0.2) is 0 Å². The third-order valence-corrected chi connectivity index (χ3v) is 2.81. The van der Waals surface area contributed by atoms with Crippen LogP contribution in [0.15, 0.2) is 33.7 Å². The van der Waals surface area contributed by atoms with Gasteiger partial charge in [-0.1, -0.05) is 35.0 Å². The predicted molar refractivity (Wildman–Crippen MR) is 62.9 cm³/mol. The van der Waals surface area contributed by atoms with Gasteiger partial charge in [0, 0.05) is 10.0 Å². The average molecular weight is 267 g/mol. The summed E-state index contributed by atoms with van der Waals surface area (Å²) in [4.78, 5) is 15.8. The lowest BCUT2D eigenvalue weighted by Crippen LogP contribution is -2.28. The first-order valence-electron chi connectivity index (χ1n) is 4.85. The van der Waals surface area contributed by atoms with Crippen molar-refractivity contribution in [2.45, 2.75) is 19.4 Å². The Morgan fingerprint density at radius 1 is 1.53 bits per heavy atom.